The molecule has 6 heteroatoms. The minimum Gasteiger partial charge on any atom is -0.337 e. The van der Waals surface area contributed by atoms with E-state index in [0.29, 0.717) is 12.5 Å². The minimum absolute atomic E-state index is 0.220. The van der Waals surface area contributed by atoms with Gasteiger partial charge in [0.25, 0.3) is 0 Å². The fraction of sp³-hybridized carbons (Fsp3) is 0.471. The summed E-state index contributed by atoms with van der Waals surface area (Å²) in [6.45, 7) is 1.85. The largest absolute Gasteiger partial charge is 0.337 e. The molecule has 2 atom stereocenters. The number of aromatic nitrogens is 3. The molecule has 0 spiro atoms. The van der Waals surface area contributed by atoms with Gasteiger partial charge in [-0.2, -0.15) is 0 Å². The second-order valence-corrected chi connectivity index (χ2v) is 6.36. The van der Waals surface area contributed by atoms with Crippen molar-refractivity contribution in [3.8, 4) is 0 Å². The van der Waals surface area contributed by atoms with Gasteiger partial charge in [0, 0.05) is 44.6 Å². The maximum Gasteiger partial charge on any atom is 0.227 e. The zero-order chi connectivity index (χ0) is 15.8. The van der Waals surface area contributed by atoms with Gasteiger partial charge < -0.3 is 9.47 Å². The lowest BCUT2D eigenvalue weighted by molar-refractivity contribution is -0.120. The molecule has 4 heterocycles. The number of pyridine rings is 1. The fourth-order valence-corrected chi connectivity index (χ4v) is 3.91. The highest BCUT2D eigenvalue weighted by molar-refractivity contribution is 5.95. The Kier molecular flexibility index (Phi) is 3.61. The Morgan fingerprint density at radius 3 is 2.91 bits per heavy atom. The second-order valence-electron chi connectivity index (χ2n) is 6.36. The zero-order valence-corrected chi connectivity index (χ0v) is 13.3. The number of carbonyl (C=O) groups is 1. The number of carbonyl (C=O) groups excluding carboxylic acids is 1. The smallest absolute Gasteiger partial charge is 0.227 e. The molecule has 0 unspecified atom stereocenters. The summed E-state index contributed by atoms with van der Waals surface area (Å²) >= 11 is 0. The molecule has 0 bridgehead atoms. The van der Waals surface area contributed by atoms with Crippen LogP contribution >= 0.6 is 0 Å². The van der Waals surface area contributed by atoms with Crippen LogP contribution in [0, 0.1) is 0 Å². The number of nitrogens with zero attached hydrogens (tertiary/aromatic N) is 5. The summed E-state index contributed by atoms with van der Waals surface area (Å²) in [5.74, 6) is 1.30. The van der Waals surface area contributed by atoms with E-state index in [1.165, 1.54) is 0 Å². The number of amides is 1. The van der Waals surface area contributed by atoms with Crippen molar-refractivity contribution in [2.24, 2.45) is 7.05 Å². The molecule has 2 aromatic heterocycles. The molecule has 2 saturated heterocycles. The first-order chi connectivity index (χ1) is 11.2. The molecule has 2 aliphatic heterocycles. The molecule has 0 saturated carbocycles. The quantitative estimate of drug-likeness (QED) is 0.864. The van der Waals surface area contributed by atoms with Crippen molar-refractivity contribution in [1.29, 1.82) is 0 Å². The van der Waals surface area contributed by atoms with Crippen LogP contribution in [0.15, 0.2) is 36.9 Å². The van der Waals surface area contributed by atoms with Crippen LogP contribution < -0.4 is 4.90 Å². The van der Waals surface area contributed by atoms with E-state index in [1.54, 1.807) is 12.4 Å². The molecular weight excluding hydrogens is 290 g/mol. The third-order valence-electron chi connectivity index (χ3n) is 5.07. The van der Waals surface area contributed by atoms with Gasteiger partial charge in [-0.3, -0.25) is 14.7 Å². The lowest BCUT2D eigenvalue weighted by Crippen LogP contribution is -2.52. The molecule has 0 N–H and O–H groups in total. The summed E-state index contributed by atoms with van der Waals surface area (Å²) in [6.07, 6.45) is 9.91. The van der Waals surface area contributed by atoms with Gasteiger partial charge in [0.05, 0.1) is 24.5 Å². The van der Waals surface area contributed by atoms with Gasteiger partial charge in [0.2, 0.25) is 5.91 Å². The lowest BCUT2D eigenvalue weighted by Gasteiger charge is -2.39. The average Bonchev–Trinajstić information content (AvgIpc) is 3.15. The van der Waals surface area contributed by atoms with Crippen LogP contribution in [0.3, 0.4) is 0 Å². The monoisotopic (exact) mass is 311 g/mol. The maximum atomic E-state index is 12.5. The molecule has 0 radical (unpaired) electrons. The van der Waals surface area contributed by atoms with Gasteiger partial charge in [0.15, 0.2) is 0 Å². The molecule has 2 aliphatic rings. The molecule has 2 fully saturated rings. The predicted octanol–water partition coefficient (Wildman–Crippen LogP) is 1.58. The van der Waals surface area contributed by atoms with Crippen LogP contribution in [0.5, 0.6) is 0 Å². The van der Waals surface area contributed by atoms with Crippen molar-refractivity contribution in [3.63, 3.8) is 0 Å². The van der Waals surface area contributed by atoms with E-state index in [1.807, 2.05) is 36.5 Å². The SMILES string of the molecule is Cn1ccnc1CN1CC[C@@H]2[C@H]1CCC(=O)N2c1cccnc1. The van der Waals surface area contributed by atoms with Crippen LogP contribution in [0.1, 0.15) is 25.1 Å². The Labute approximate surface area is 135 Å². The Balaban J connectivity index is 1.57. The van der Waals surface area contributed by atoms with Crippen molar-refractivity contribution in [1.82, 2.24) is 19.4 Å². The summed E-state index contributed by atoms with van der Waals surface area (Å²) in [4.78, 5) is 25.5. The number of hydrogen-bond acceptors (Lipinski definition) is 4. The molecule has 120 valence electrons. The molecule has 2 aromatic rings. The Hall–Kier alpha value is -2.21. The van der Waals surface area contributed by atoms with E-state index < -0.39 is 0 Å². The van der Waals surface area contributed by atoms with Gasteiger partial charge in [0.1, 0.15) is 5.82 Å². The van der Waals surface area contributed by atoms with Gasteiger partial charge in [-0.1, -0.05) is 0 Å². The standard InChI is InChI=1S/C17H21N5O/c1-20-10-8-19-16(20)12-21-9-6-15-14(21)4-5-17(23)22(15)13-3-2-7-18-11-13/h2-3,7-8,10-11,14-15H,4-6,9,12H2,1H3/t14-,15-/m1/s1. The predicted molar refractivity (Wildman–Crippen MR) is 86.8 cm³/mol. The number of likely N-dealkylation sites (tertiary alicyclic amines) is 1. The highest BCUT2D eigenvalue weighted by Gasteiger charge is 2.43. The van der Waals surface area contributed by atoms with E-state index in [9.17, 15) is 4.79 Å². The van der Waals surface area contributed by atoms with E-state index in [4.69, 9.17) is 0 Å². The number of anilines is 1. The molecule has 23 heavy (non-hydrogen) atoms. The number of fused-ring (bicyclic) bond motifs is 1. The molecular formula is C17H21N5O. The van der Waals surface area contributed by atoms with Crippen LogP contribution in [0.25, 0.3) is 0 Å². The van der Waals surface area contributed by atoms with Gasteiger partial charge in [-0.15, -0.1) is 0 Å². The first-order valence-corrected chi connectivity index (χ1v) is 8.16. The van der Waals surface area contributed by atoms with Crippen LogP contribution in [0.4, 0.5) is 5.69 Å². The normalized spacial score (nSPS) is 24.9. The highest BCUT2D eigenvalue weighted by Crippen LogP contribution is 2.35. The number of aryl methyl sites for hydroxylation is 1. The minimum atomic E-state index is 0.220. The lowest BCUT2D eigenvalue weighted by atomic mass is 9.95. The summed E-state index contributed by atoms with van der Waals surface area (Å²) < 4.78 is 2.07. The summed E-state index contributed by atoms with van der Waals surface area (Å²) in [6, 6.07) is 4.53. The Morgan fingerprint density at radius 2 is 2.17 bits per heavy atom. The number of piperidine rings is 1. The first kappa shape index (κ1) is 14.4. The molecule has 0 aliphatic carbocycles. The fourth-order valence-electron chi connectivity index (χ4n) is 3.91. The molecule has 6 nitrogen and oxygen atoms in total. The highest BCUT2D eigenvalue weighted by atomic mass is 16.2. The van der Waals surface area contributed by atoms with E-state index in [2.05, 4.69) is 19.4 Å². The van der Waals surface area contributed by atoms with E-state index >= 15 is 0 Å². The summed E-state index contributed by atoms with van der Waals surface area (Å²) in [5.41, 5.74) is 0.922. The van der Waals surface area contributed by atoms with Crippen LogP contribution in [-0.4, -0.2) is 44.0 Å². The van der Waals surface area contributed by atoms with Crippen LogP contribution in [0.2, 0.25) is 0 Å². The zero-order valence-electron chi connectivity index (χ0n) is 13.3. The summed E-state index contributed by atoms with van der Waals surface area (Å²) in [7, 11) is 2.03. The summed E-state index contributed by atoms with van der Waals surface area (Å²) in [5, 5.41) is 0. The van der Waals surface area contributed by atoms with Crippen molar-refractivity contribution in [3.05, 3.63) is 42.7 Å². The number of hydrogen-bond donors (Lipinski definition) is 0. The molecule has 1 amide bonds. The first-order valence-electron chi connectivity index (χ1n) is 8.16. The second kappa shape index (κ2) is 5.77. The average molecular weight is 311 g/mol. The van der Waals surface area contributed by atoms with E-state index in [0.717, 1.165) is 37.4 Å². The number of rotatable bonds is 3. The van der Waals surface area contributed by atoms with E-state index in [-0.39, 0.29) is 11.9 Å². The van der Waals surface area contributed by atoms with Crippen molar-refractivity contribution >= 4 is 11.6 Å². The number of imidazole rings is 1. The molecule has 4 rings (SSSR count). The van der Waals surface area contributed by atoms with Gasteiger partial charge >= 0.3 is 0 Å². The third kappa shape index (κ3) is 2.53. The van der Waals surface area contributed by atoms with Crippen LogP contribution in [-0.2, 0) is 18.4 Å². The Morgan fingerprint density at radius 1 is 1.26 bits per heavy atom. The van der Waals surface area contributed by atoms with Crippen molar-refractivity contribution < 1.29 is 4.79 Å². The van der Waals surface area contributed by atoms with Gasteiger partial charge in [-0.05, 0) is 25.0 Å². The van der Waals surface area contributed by atoms with Crippen molar-refractivity contribution in [2.45, 2.75) is 37.9 Å². The molecule has 0 aromatic carbocycles. The Bertz CT molecular complexity index is 698. The van der Waals surface area contributed by atoms with Gasteiger partial charge in [-0.25, -0.2) is 4.98 Å². The maximum absolute atomic E-state index is 12.5. The third-order valence-corrected chi connectivity index (χ3v) is 5.07. The topological polar surface area (TPSA) is 54.3 Å². The van der Waals surface area contributed by atoms with Crippen molar-refractivity contribution in [2.75, 3.05) is 11.4 Å².